The van der Waals surface area contributed by atoms with E-state index >= 15 is 0 Å². The minimum Gasteiger partial charge on any atom is -0.354 e. The molecule has 2 aromatic rings. The Labute approximate surface area is 179 Å². The molecule has 2 aromatic heterocycles. The predicted octanol–water partition coefficient (Wildman–Crippen LogP) is 3.17. The van der Waals surface area contributed by atoms with Crippen LogP contribution < -0.4 is 11.1 Å². The van der Waals surface area contributed by atoms with Crippen molar-refractivity contribution in [2.75, 3.05) is 19.6 Å². The Morgan fingerprint density at radius 1 is 1.30 bits per heavy atom. The zero-order valence-corrected chi connectivity index (χ0v) is 18.0. The lowest BCUT2D eigenvalue weighted by molar-refractivity contribution is -0.121. The number of nitrogens with two attached hydrogens (primary N) is 1. The van der Waals surface area contributed by atoms with Crippen molar-refractivity contribution in [2.45, 2.75) is 31.7 Å². The molecule has 150 valence electrons. The molecule has 1 atom stereocenters. The zero-order valence-electron chi connectivity index (χ0n) is 14.8. The van der Waals surface area contributed by atoms with Gasteiger partial charge in [0.25, 0.3) is 5.91 Å². The number of carbonyl (C=O) groups excluding carboxylic acids is 2. The zero-order chi connectivity index (χ0) is 17.6. The monoisotopic (exact) mass is 450 g/mol. The average molecular weight is 451 g/mol. The number of amides is 2. The molecule has 1 saturated heterocycles. The number of thiophene rings is 1. The highest BCUT2D eigenvalue weighted by atomic mass is 35.5. The summed E-state index contributed by atoms with van der Waals surface area (Å²) in [7, 11) is 0. The van der Waals surface area contributed by atoms with Crippen molar-refractivity contribution in [2.24, 2.45) is 5.73 Å². The van der Waals surface area contributed by atoms with E-state index in [1.165, 1.54) is 11.3 Å². The van der Waals surface area contributed by atoms with Gasteiger partial charge in [-0.15, -0.1) is 47.5 Å². The second-order valence-corrected chi connectivity index (χ2v) is 7.81. The number of aromatic nitrogens is 1. The lowest BCUT2D eigenvalue weighted by Crippen LogP contribution is -2.49. The van der Waals surface area contributed by atoms with Crippen LogP contribution in [-0.2, 0) is 4.79 Å². The molecule has 0 bridgehead atoms. The molecular formula is C17H24Cl2N4O2S2. The first-order valence-corrected chi connectivity index (χ1v) is 10.2. The van der Waals surface area contributed by atoms with E-state index in [0.29, 0.717) is 31.7 Å². The van der Waals surface area contributed by atoms with Gasteiger partial charge in [-0.05, 0) is 30.7 Å². The average Bonchev–Trinajstić information content (AvgIpc) is 3.31. The highest BCUT2D eigenvalue weighted by Gasteiger charge is 2.29. The number of nitrogens with one attached hydrogen (secondary N) is 1. The van der Waals surface area contributed by atoms with Gasteiger partial charge in [-0.3, -0.25) is 9.59 Å². The van der Waals surface area contributed by atoms with Crippen molar-refractivity contribution in [3.8, 4) is 9.88 Å². The van der Waals surface area contributed by atoms with Crippen LogP contribution in [0.3, 0.4) is 0 Å². The number of nitrogens with zero attached hydrogens (tertiary/aromatic N) is 2. The number of halogens is 2. The van der Waals surface area contributed by atoms with E-state index in [2.05, 4.69) is 10.3 Å². The molecule has 1 unspecified atom stereocenters. The van der Waals surface area contributed by atoms with E-state index in [-0.39, 0.29) is 42.7 Å². The molecule has 0 spiro atoms. The first kappa shape index (κ1) is 23.8. The van der Waals surface area contributed by atoms with Crippen LogP contribution in [0.4, 0.5) is 0 Å². The molecule has 1 fully saturated rings. The largest absolute Gasteiger partial charge is 0.354 e. The van der Waals surface area contributed by atoms with Gasteiger partial charge in [0.2, 0.25) is 5.91 Å². The molecule has 0 radical (unpaired) electrons. The van der Waals surface area contributed by atoms with Crippen molar-refractivity contribution in [1.29, 1.82) is 0 Å². The topological polar surface area (TPSA) is 88.3 Å². The Balaban J connectivity index is 0.00000182. The maximum absolute atomic E-state index is 12.9. The van der Waals surface area contributed by atoms with Crippen LogP contribution in [0.1, 0.15) is 36.2 Å². The summed E-state index contributed by atoms with van der Waals surface area (Å²) in [5, 5.41) is 7.60. The van der Waals surface area contributed by atoms with Gasteiger partial charge < -0.3 is 16.0 Å². The number of rotatable bonds is 6. The summed E-state index contributed by atoms with van der Waals surface area (Å²) in [6.45, 7) is 1.53. The maximum atomic E-state index is 12.9. The molecule has 0 aromatic carbocycles. The third-order valence-corrected chi connectivity index (χ3v) is 6.13. The fraction of sp³-hybridized carbons (Fsp3) is 0.471. The van der Waals surface area contributed by atoms with Crippen molar-refractivity contribution in [3.05, 3.63) is 28.6 Å². The molecule has 2 amide bonds. The minimum absolute atomic E-state index is 0. The Morgan fingerprint density at radius 2 is 2.11 bits per heavy atom. The first-order valence-electron chi connectivity index (χ1n) is 8.46. The number of thiazole rings is 1. The van der Waals surface area contributed by atoms with E-state index in [0.717, 1.165) is 29.1 Å². The second-order valence-electron chi connectivity index (χ2n) is 6.01. The summed E-state index contributed by atoms with van der Waals surface area (Å²) in [6, 6.07) is 4.01. The van der Waals surface area contributed by atoms with Gasteiger partial charge in [0.15, 0.2) is 0 Å². The summed E-state index contributed by atoms with van der Waals surface area (Å²) in [6.07, 6.45) is 3.27. The number of hydrogen-bond acceptors (Lipinski definition) is 6. The van der Waals surface area contributed by atoms with Crippen molar-refractivity contribution < 1.29 is 9.59 Å². The van der Waals surface area contributed by atoms with Gasteiger partial charge in [-0.1, -0.05) is 6.07 Å². The van der Waals surface area contributed by atoms with Crippen molar-refractivity contribution in [3.63, 3.8) is 0 Å². The van der Waals surface area contributed by atoms with Gasteiger partial charge in [-0.2, -0.15) is 0 Å². The molecule has 3 N–H and O–H groups in total. The molecule has 27 heavy (non-hydrogen) atoms. The summed E-state index contributed by atoms with van der Waals surface area (Å²) in [4.78, 5) is 32.0. The summed E-state index contributed by atoms with van der Waals surface area (Å²) < 4.78 is 0. The molecule has 0 saturated carbocycles. The highest BCUT2D eigenvalue weighted by Crippen LogP contribution is 2.29. The second kappa shape index (κ2) is 11.6. The molecule has 0 aliphatic carbocycles. The van der Waals surface area contributed by atoms with Gasteiger partial charge in [0.05, 0.1) is 4.88 Å². The van der Waals surface area contributed by atoms with Gasteiger partial charge >= 0.3 is 0 Å². The molecule has 3 rings (SSSR count). The van der Waals surface area contributed by atoms with Gasteiger partial charge in [0.1, 0.15) is 10.7 Å². The SMILES string of the molecule is Cl.Cl.NCCC(=O)NCC1CCCCN1C(=O)c1csc(-c2cccs2)n1. The number of piperidine rings is 1. The predicted molar refractivity (Wildman–Crippen MR) is 115 cm³/mol. The number of hydrogen-bond donors (Lipinski definition) is 2. The van der Waals surface area contributed by atoms with E-state index < -0.39 is 0 Å². The summed E-state index contributed by atoms with van der Waals surface area (Å²) in [5.74, 6) is -0.106. The molecule has 1 aliphatic rings. The Morgan fingerprint density at radius 3 is 2.81 bits per heavy atom. The summed E-state index contributed by atoms with van der Waals surface area (Å²) in [5.41, 5.74) is 5.89. The van der Waals surface area contributed by atoms with E-state index in [1.54, 1.807) is 11.3 Å². The van der Waals surface area contributed by atoms with Crippen molar-refractivity contribution in [1.82, 2.24) is 15.2 Å². The standard InChI is InChI=1S/C17H22N4O2S2.2ClH/c18-7-6-15(22)19-10-12-4-1-2-8-21(12)17(23)13-11-25-16(20-13)14-5-3-9-24-14;;/h3,5,9,11-12H,1-2,4,6-8,10,18H2,(H,19,22);2*1H. The van der Waals surface area contributed by atoms with Crippen molar-refractivity contribution >= 4 is 59.3 Å². The first-order chi connectivity index (χ1) is 12.2. The lowest BCUT2D eigenvalue weighted by Gasteiger charge is -2.35. The number of likely N-dealkylation sites (tertiary alicyclic amines) is 1. The molecule has 1 aliphatic heterocycles. The molecule has 3 heterocycles. The van der Waals surface area contributed by atoms with Crippen LogP contribution in [-0.4, -0.2) is 47.4 Å². The van der Waals surface area contributed by atoms with Crippen LogP contribution in [0.15, 0.2) is 22.9 Å². The molecule has 6 nitrogen and oxygen atoms in total. The third kappa shape index (κ3) is 6.15. The number of carbonyl (C=O) groups is 2. The molecular weight excluding hydrogens is 427 g/mol. The van der Waals surface area contributed by atoms with Crippen LogP contribution in [0.25, 0.3) is 9.88 Å². The minimum atomic E-state index is -0.0610. The summed E-state index contributed by atoms with van der Waals surface area (Å²) >= 11 is 3.11. The Hall–Kier alpha value is -1.19. The van der Waals surface area contributed by atoms with E-state index in [9.17, 15) is 9.59 Å². The fourth-order valence-electron chi connectivity index (χ4n) is 2.96. The lowest BCUT2D eigenvalue weighted by atomic mass is 10.0. The fourth-order valence-corrected chi connectivity index (χ4v) is 4.57. The quantitative estimate of drug-likeness (QED) is 0.706. The van der Waals surface area contributed by atoms with Gasteiger partial charge in [0, 0.05) is 37.5 Å². The Kier molecular flexibility index (Phi) is 10.3. The smallest absolute Gasteiger partial charge is 0.273 e. The molecule has 10 heteroatoms. The van der Waals surface area contributed by atoms with Gasteiger partial charge in [-0.25, -0.2) is 4.98 Å². The third-order valence-electron chi connectivity index (χ3n) is 4.25. The van der Waals surface area contributed by atoms with Crippen LogP contribution in [0.2, 0.25) is 0 Å². The highest BCUT2D eigenvalue weighted by molar-refractivity contribution is 7.20. The normalized spacial score (nSPS) is 16.2. The maximum Gasteiger partial charge on any atom is 0.273 e. The van der Waals surface area contributed by atoms with Crippen LogP contribution in [0, 0.1) is 0 Å². The van der Waals surface area contributed by atoms with Crippen LogP contribution in [0.5, 0.6) is 0 Å². The van der Waals surface area contributed by atoms with Crippen LogP contribution >= 0.6 is 47.5 Å². The Bertz CT molecular complexity index is 724. The van der Waals surface area contributed by atoms with E-state index in [4.69, 9.17) is 5.73 Å². The van der Waals surface area contributed by atoms with E-state index in [1.807, 2.05) is 27.8 Å².